The molecule has 0 aliphatic heterocycles. The zero-order chi connectivity index (χ0) is 31.3. The van der Waals surface area contributed by atoms with Gasteiger partial charge < -0.3 is 20.6 Å². The third-order valence-corrected chi connectivity index (χ3v) is 7.94. The monoisotopic (exact) mass is 582 g/mol. The summed E-state index contributed by atoms with van der Waals surface area (Å²) in [5, 5.41) is 44.2. The molecule has 2 aromatic carbocycles. The van der Waals surface area contributed by atoms with Gasteiger partial charge in [-0.15, -0.1) is 0 Å². The summed E-state index contributed by atoms with van der Waals surface area (Å²) < 4.78 is 0. The van der Waals surface area contributed by atoms with E-state index < -0.39 is 0 Å². The molecule has 0 saturated heterocycles. The summed E-state index contributed by atoms with van der Waals surface area (Å²) in [4.78, 5) is 0. The fraction of sp³-hybridized carbons (Fsp3) is 0.611. The zero-order valence-corrected chi connectivity index (χ0v) is 27.3. The molecule has 0 amide bonds. The van der Waals surface area contributed by atoms with E-state index in [2.05, 4.69) is 24.2 Å². The molecule has 0 radical (unpaired) electrons. The van der Waals surface area contributed by atoms with E-state index in [1.54, 1.807) is 13.8 Å². The lowest BCUT2D eigenvalue weighted by Crippen LogP contribution is -1.99. The maximum atomic E-state index is 10.0. The summed E-state index contributed by atoms with van der Waals surface area (Å²) in [6.07, 6.45) is 20.2. The van der Waals surface area contributed by atoms with E-state index in [4.69, 9.17) is 10.4 Å². The van der Waals surface area contributed by atoms with Gasteiger partial charge in [0.2, 0.25) is 0 Å². The Kier molecular flexibility index (Phi) is 19.1. The Balaban J connectivity index is 0.000000420. The molecule has 6 heteroatoms. The summed E-state index contributed by atoms with van der Waals surface area (Å²) in [5.74, 6) is 0.433. The van der Waals surface area contributed by atoms with Crippen LogP contribution in [0.5, 0.6) is 11.5 Å². The topological polar surface area (TPSA) is 106 Å². The number of phenols is 2. The van der Waals surface area contributed by atoms with E-state index in [0.29, 0.717) is 22.6 Å². The number of benzene rings is 2. The lowest BCUT2D eigenvalue weighted by atomic mass is 9.98. The Morgan fingerprint density at radius 3 is 1.14 bits per heavy atom. The van der Waals surface area contributed by atoms with Crippen LogP contribution < -0.4 is 0 Å². The van der Waals surface area contributed by atoms with Crippen molar-refractivity contribution >= 4 is 11.4 Å². The van der Waals surface area contributed by atoms with Crippen molar-refractivity contribution in [3.05, 3.63) is 57.6 Å². The number of nitrogens with zero attached hydrogens (tertiary/aromatic N) is 2. The van der Waals surface area contributed by atoms with E-state index in [1.165, 1.54) is 101 Å². The van der Waals surface area contributed by atoms with Crippen LogP contribution in [0.4, 0.5) is 0 Å². The average molecular weight is 583 g/mol. The zero-order valence-electron chi connectivity index (χ0n) is 27.3. The molecule has 236 valence electrons. The molecule has 42 heavy (non-hydrogen) atoms. The van der Waals surface area contributed by atoms with Crippen LogP contribution in [0.25, 0.3) is 0 Å². The van der Waals surface area contributed by atoms with Crippen LogP contribution in [0.3, 0.4) is 0 Å². The molecule has 2 rings (SSSR count). The molecule has 0 aromatic heterocycles. The fourth-order valence-electron chi connectivity index (χ4n) is 5.23. The quantitative estimate of drug-likeness (QED) is 0.0607. The van der Waals surface area contributed by atoms with Crippen LogP contribution in [-0.2, 0) is 12.8 Å². The number of hydrogen-bond acceptors (Lipinski definition) is 6. The molecular formula is C36H58N2O4. The second-order valence-electron chi connectivity index (χ2n) is 11.7. The Labute approximate surface area is 255 Å². The highest BCUT2D eigenvalue weighted by Crippen LogP contribution is 2.27. The minimum absolute atomic E-state index is 0.216. The third-order valence-electron chi connectivity index (χ3n) is 7.94. The van der Waals surface area contributed by atoms with Crippen molar-refractivity contribution in [2.75, 3.05) is 0 Å². The van der Waals surface area contributed by atoms with Crippen molar-refractivity contribution in [2.24, 2.45) is 10.3 Å². The molecule has 0 unspecified atom stereocenters. The van der Waals surface area contributed by atoms with Gasteiger partial charge in [-0.1, -0.05) is 113 Å². The van der Waals surface area contributed by atoms with Gasteiger partial charge in [0.25, 0.3) is 0 Å². The summed E-state index contributed by atoms with van der Waals surface area (Å²) >= 11 is 0. The normalized spacial score (nSPS) is 11.9. The van der Waals surface area contributed by atoms with Crippen molar-refractivity contribution in [1.82, 2.24) is 0 Å². The lowest BCUT2D eigenvalue weighted by Gasteiger charge is -2.10. The second-order valence-corrected chi connectivity index (χ2v) is 11.7. The highest BCUT2D eigenvalue weighted by molar-refractivity contribution is 6.01. The number of phenolic OH excluding ortho intramolecular Hbond substituents is 2. The molecule has 0 bridgehead atoms. The maximum Gasteiger partial charge on any atom is 0.127 e. The third kappa shape index (κ3) is 13.8. The maximum absolute atomic E-state index is 10.0. The highest BCUT2D eigenvalue weighted by atomic mass is 16.4. The van der Waals surface area contributed by atoms with Crippen LogP contribution >= 0.6 is 0 Å². The van der Waals surface area contributed by atoms with Gasteiger partial charge in [0.15, 0.2) is 0 Å². The highest BCUT2D eigenvalue weighted by Gasteiger charge is 2.11. The first-order valence-corrected chi connectivity index (χ1v) is 16.2. The van der Waals surface area contributed by atoms with E-state index in [1.807, 2.05) is 38.1 Å². The second kappa shape index (κ2) is 21.6. The molecule has 2 aromatic rings. The lowest BCUT2D eigenvalue weighted by molar-refractivity contribution is 0.318. The van der Waals surface area contributed by atoms with Crippen molar-refractivity contribution in [2.45, 2.75) is 144 Å². The smallest absolute Gasteiger partial charge is 0.127 e. The van der Waals surface area contributed by atoms with Gasteiger partial charge in [-0.05, 0) is 87.8 Å². The summed E-state index contributed by atoms with van der Waals surface area (Å²) in [7, 11) is 0. The minimum Gasteiger partial charge on any atom is -0.507 e. The molecule has 6 nitrogen and oxygen atoms in total. The minimum atomic E-state index is 0.216. The number of unbranched alkanes of at least 4 members (excludes halogenated alkanes) is 12. The molecule has 4 N–H and O–H groups in total. The SMILES string of the molecule is CCCCCCCCCc1cc(C)c(O)c(/C(C)=N\O)c1.CCCCCCCCCc1cc(C)c(O)c(/C(C)=N\O)c1. The average Bonchev–Trinajstić information content (AvgIpc) is 2.99. The van der Waals surface area contributed by atoms with Gasteiger partial charge in [0.1, 0.15) is 11.5 Å². The molecule has 0 spiro atoms. The van der Waals surface area contributed by atoms with Crippen molar-refractivity contribution < 1.29 is 20.6 Å². The Hall–Kier alpha value is -3.02. The number of aryl methyl sites for hydroxylation is 4. The molecule has 0 saturated carbocycles. The predicted molar refractivity (Wildman–Crippen MR) is 177 cm³/mol. The van der Waals surface area contributed by atoms with Crippen LogP contribution in [0, 0.1) is 13.8 Å². The van der Waals surface area contributed by atoms with Gasteiger partial charge in [-0.3, -0.25) is 0 Å². The predicted octanol–water partition coefficient (Wildman–Crippen LogP) is 10.4. The molecule has 0 atom stereocenters. The largest absolute Gasteiger partial charge is 0.507 e. The first-order valence-electron chi connectivity index (χ1n) is 16.2. The molecule has 0 aliphatic carbocycles. The number of oxime groups is 2. The van der Waals surface area contributed by atoms with Crippen molar-refractivity contribution in [1.29, 1.82) is 0 Å². The van der Waals surface area contributed by atoms with E-state index >= 15 is 0 Å². The summed E-state index contributed by atoms with van der Waals surface area (Å²) in [6, 6.07) is 7.93. The van der Waals surface area contributed by atoms with Crippen LogP contribution in [0.2, 0.25) is 0 Å². The van der Waals surface area contributed by atoms with Crippen molar-refractivity contribution in [3.8, 4) is 11.5 Å². The summed E-state index contributed by atoms with van der Waals surface area (Å²) in [6.45, 7) is 11.7. The number of hydrogen-bond donors (Lipinski definition) is 4. The van der Waals surface area contributed by atoms with Crippen LogP contribution in [0.15, 0.2) is 34.6 Å². The van der Waals surface area contributed by atoms with Gasteiger partial charge >= 0.3 is 0 Å². The molecular weight excluding hydrogens is 524 g/mol. The number of rotatable bonds is 18. The first kappa shape index (κ1) is 37.0. The van der Waals surface area contributed by atoms with Crippen LogP contribution in [0.1, 0.15) is 151 Å². The van der Waals surface area contributed by atoms with E-state index in [-0.39, 0.29) is 11.5 Å². The summed E-state index contributed by atoms with van der Waals surface area (Å²) in [5.41, 5.74) is 6.27. The van der Waals surface area contributed by atoms with Crippen LogP contribution in [-0.4, -0.2) is 32.1 Å². The van der Waals surface area contributed by atoms with Gasteiger partial charge in [0, 0.05) is 11.1 Å². The first-order chi connectivity index (χ1) is 20.2. The Morgan fingerprint density at radius 1 is 0.524 bits per heavy atom. The molecule has 0 fully saturated rings. The Bertz CT molecular complexity index is 1020. The Morgan fingerprint density at radius 2 is 0.833 bits per heavy atom. The van der Waals surface area contributed by atoms with E-state index in [9.17, 15) is 10.2 Å². The molecule has 0 heterocycles. The standard InChI is InChI=1S/2C18H29NO2/c2*1-4-5-6-7-8-9-10-11-16-12-14(2)18(20)17(13-16)15(3)19-21/h2*12-13,20-21H,4-11H2,1-3H3/b2*19-15-. The van der Waals surface area contributed by atoms with Crippen molar-refractivity contribution in [3.63, 3.8) is 0 Å². The number of aromatic hydroxyl groups is 2. The van der Waals surface area contributed by atoms with E-state index in [0.717, 1.165) is 24.0 Å². The molecule has 0 aliphatic rings. The van der Waals surface area contributed by atoms with Gasteiger partial charge in [0.05, 0.1) is 11.4 Å². The fourth-order valence-corrected chi connectivity index (χ4v) is 5.23. The van der Waals surface area contributed by atoms with Gasteiger partial charge in [-0.25, -0.2) is 0 Å². The van der Waals surface area contributed by atoms with Gasteiger partial charge in [-0.2, -0.15) is 0 Å².